The van der Waals surface area contributed by atoms with Gasteiger partial charge in [-0.25, -0.2) is 0 Å². The van der Waals surface area contributed by atoms with Crippen LogP contribution in [0.25, 0.3) is 0 Å². The quantitative estimate of drug-likeness (QED) is 0.715. The Morgan fingerprint density at radius 1 is 1.35 bits per heavy atom. The summed E-state index contributed by atoms with van der Waals surface area (Å²) in [7, 11) is 0. The van der Waals surface area contributed by atoms with E-state index < -0.39 is 0 Å². The van der Waals surface area contributed by atoms with E-state index in [4.69, 9.17) is 11.6 Å². The Hall–Kier alpha value is -1.31. The molecule has 0 spiro atoms. The first kappa shape index (κ1) is 18.0. The number of hydrogen-bond acceptors (Lipinski definition) is 6. The first-order chi connectivity index (χ1) is 10.9. The van der Waals surface area contributed by atoms with Gasteiger partial charge in [0.05, 0.1) is 5.25 Å². The summed E-state index contributed by atoms with van der Waals surface area (Å²) in [6, 6.07) is 7.40. The summed E-state index contributed by atoms with van der Waals surface area (Å²) in [5.41, 5.74) is 0.855. The monoisotopic (exact) mass is 370 g/mol. The molecule has 0 radical (unpaired) electrons. The van der Waals surface area contributed by atoms with Crippen molar-refractivity contribution in [2.75, 3.05) is 11.9 Å². The number of carbonyl (C=O) groups excluding carboxylic acids is 1. The number of carbonyl (C=O) groups is 1. The van der Waals surface area contributed by atoms with E-state index in [0.29, 0.717) is 22.6 Å². The first-order valence-electron chi connectivity index (χ1n) is 7.24. The molecule has 1 aromatic carbocycles. The molecule has 2 rings (SSSR count). The van der Waals surface area contributed by atoms with Gasteiger partial charge in [-0.1, -0.05) is 54.6 Å². The summed E-state index contributed by atoms with van der Waals surface area (Å²) < 4.78 is 0.752. The lowest BCUT2D eigenvalue weighted by Crippen LogP contribution is -2.33. The molecule has 1 amide bonds. The fraction of sp³-hybridized carbons (Fsp3) is 0.400. The van der Waals surface area contributed by atoms with E-state index in [-0.39, 0.29) is 11.2 Å². The summed E-state index contributed by atoms with van der Waals surface area (Å²) in [6.07, 6.45) is 0. The van der Waals surface area contributed by atoms with Crippen molar-refractivity contribution in [2.45, 2.75) is 30.4 Å². The molecule has 0 bridgehead atoms. The molecule has 0 aliphatic heterocycles. The fourth-order valence-corrected chi connectivity index (χ4v) is 3.78. The topological polar surface area (TPSA) is 66.9 Å². The van der Waals surface area contributed by atoms with Crippen LogP contribution in [-0.4, -0.2) is 27.9 Å². The second-order valence-electron chi connectivity index (χ2n) is 5.41. The van der Waals surface area contributed by atoms with E-state index >= 15 is 0 Å². The van der Waals surface area contributed by atoms with Crippen molar-refractivity contribution in [1.29, 1.82) is 0 Å². The summed E-state index contributed by atoms with van der Waals surface area (Å²) in [5, 5.41) is 15.4. The summed E-state index contributed by atoms with van der Waals surface area (Å²) >= 11 is 8.77. The molecule has 1 aromatic heterocycles. The highest BCUT2D eigenvalue weighted by atomic mass is 35.5. The zero-order chi connectivity index (χ0) is 16.8. The van der Waals surface area contributed by atoms with Gasteiger partial charge in [0.25, 0.3) is 0 Å². The summed E-state index contributed by atoms with van der Waals surface area (Å²) in [6.45, 7) is 6.68. The average molecular weight is 371 g/mol. The highest BCUT2D eigenvalue weighted by molar-refractivity contribution is 8.02. The predicted molar refractivity (Wildman–Crippen MR) is 97.8 cm³/mol. The molecule has 0 aliphatic rings. The zero-order valence-corrected chi connectivity index (χ0v) is 15.6. The molecule has 23 heavy (non-hydrogen) atoms. The first-order valence-corrected chi connectivity index (χ1v) is 9.32. The van der Waals surface area contributed by atoms with Crippen molar-refractivity contribution in [3.05, 3.63) is 29.3 Å². The van der Waals surface area contributed by atoms with E-state index in [9.17, 15) is 4.79 Å². The summed E-state index contributed by atoms with van der Waals surface area (Å²) in [4.78, 5) is 12.0. The molecular formula is C15H19ClN4OS2. The number of amides is 1. The second-order valence-corrected chi connectivity index (χ2v) is 8.41. The van der Waals surface area contributed by atoms with Crippen LogP contribution in [0.5, 0.6) is 0 Å². The largest absolute Gasteiger partial charge is 0.355 e. The molecule has 1 atom stereocenters. The Morgan fingerprint density at radius 3 is 2.83 bits per heavy atom. The third kappa shape index (κ3) is 6.01. The SMILES string of the molecule is CC(C)CNC(=O)[C@@H](C)Sc1nnc(Nc2cccc(Cl)c2)s1. The van der Waals surface area contributed by atoms with Crippen molar-refractivity contribution in [1.82, 2.24) is 15.5 Å². The molecular weight excluding hydrogens is 352 g/mol. The lowest BCUT2D eigenvalue weighted by Gasteiger charge is -2.11. The van der Waals surface area contributed by atoms with Crippen LogP contribution in [0, 0.1) is 5.92 Å². The number of halogens is 1. The molecule has 124 valence electrons. The smallest absolute Gasteiger partial charge is 0.233 e. The average Bonchev–Trinajstić information content (AvgIpc) is 2.91. The second kappa shape index (κ2) is 8.52. The van der Waals surface area contributed by atoms with Gasteiger partial charge < -0.3 is 10.6 Å². The van der Waals surface area contributed by atoms with Gasteiger partial charge in [0, 0.05) is 17.3 Å². The van der Waals surface area contributed by atoms with Crippen LogP contribution < -0.4 is 10.6 Å². The molecule has 0 fully saturated rings. The normalized spacial score (nSPS) is 12.2. The van der Waals surface area contributed by atoms with Gasteiger partial charge in [0.15, 0.2) is 4.34 Å². The van der Waals surface area contributed by atoms with Crippen LogP contribution in [0.2, 0.25) is 5.02 Å². The molecule has 0 saturated heterocycles. The number of nitrogens with one attached hydrogen (secondary N) is 2. The van der Waals surface area contributed by atoms with Crippen molar-refractivity contribution < 1.29 is 4.79 Å². The van der Waals surface area contributed by atoms with Gasteiger partial charge in [-0.15, -0.1) is 10.2 Å². The molecule has 1 heterocycles. The Morgan fingerprint density at radius 2 is 2.13 bits per heavy atom. The maximum atomic E-state index is 12.0. The van der Waals surface area contributed by atoms with Gasteiger partial charge >= 0.3 is 0 Å². The molecule has 8 heteroatoms. The predicted octanol–water partition coefficient (Wildman–Crippen LogP) is 4.19. The molecule has 5 nitrogen and oxygen atoms in total. The highest BCUT2D eigenvalue weighted by Crippen LogP contribution is 2.30. The van der Waals surface area contributed by atoms with Crippen LogP contribution in [-0.2, 0) is 4.79 Å². The minimum atomic E-state index is -0.208. The standard InChI is InChI=1S/C15H19ClN4OS2/c1-9(2)8-17-13(21)10(3)22-15-20-19-14(23-15)18-12-6-4-5-11(16)7-12/h4-7,9-10H,8H2,1-3H3,(H,17,21)(H,18,19)/t10-/m1/s1. The number of aromatic nitrogens is 2. The number of hydrogen-bond donors (Lipinski definition) is 2. The van der Waals surface area contributed by atoms with Gasteiger partial charge in [-0.05, 0) is 31.0 Å². The number of nitrogens with zero attached hydrogens (tertiary/aromatic N) is 2. The van der Waals surface area contributed by atoms with Crippen molar-refractivity contribution >= 4 is 51.4 Å². The summed E-state index contributed by atoms with van der Waals surface area (Å²) in [5.74, 6) is 0.453. The molecule has 2 aromatic rings. The third-order valence-corrected chi connectivity index (χ3v) is 5.07. The van der Waals surface area contributed by atoms with E-state index in [1.54, 1.807) is 0 Å². The molecule has 2 N–H and O–H groups in total. The lowest BCUT2D eigenvalue weighted by molar-refractivity contribution is -0.120. The van der Waals surface area contributed by atoms with Crippen molar-refractivity contribution in [3.63, 3.8) is 0 Å². The van der Waals surface area contributed by atoms with Gasteiger partial charge in [0.2, 0.25) is 11.0 Å². The van der Waals surface area contributed by atoms with Gasteiger partial charge in [-0.3, -0.25) is 4.79 Å². The van der Waals surface area contributed by atoms with Gasteiger partial charge in [-0.2, -0.15) is 0 Å². The Balaban J connectivity index is 1.90. The van der Waals surface area contributed by atoms with Gasteiger partial charge in [0.1, 0.15) is 0 Å². The molecule has 0 saturated carbocycles. The number of rotatable bonds is 7. The Bertz CT molecular complexity index is 662. The Labute approximate surface area is 149 Å². The Kier molecular flexibility index (Phi) is 6.68. The minimum Gasteiger partial charge on any atom is -0.355 e. The van der Waals surface area contributed by atoms with Crippen molar-refractivity contribution in [2.24, 2.45) is 5.92 Å². The zero-order valence-electron chi connectivity index (χ0n) is 13.2. The van der Waals surface area contributed by atoms with Crippen LogP contribution in [0.1, 0.15) is 20.8 Å². The van der Waals surface area contributed by atoms with E-state index in [2.05, 4.69) is 34.7 Å². The third-order valence-electron chi connectivity index (χ3n) is 2.81. The molecule has 0 aliphatic carbocycles. The number of benzene rings is 1. The highest BCUT2D eigenvalue weighted by Gasteiger charge is 2.17. The van der Waals surface area contributed by atoms with Crippen LogP contribution in [0.4, 0.5) is 10.8 Å². The fourth-order valence-electron chi connectivity index (χ4n) is 1.65. The van der Waals surface area contributed by atoms with Crippen LogP contribution >= 0.6 is 34.7 Å². The van der Waals surface area contributed by atoms with E-state index in [1.165, 1.54) is 23.1 Å². The minimum absolute atomic E-state index is 0.0169. The number of anilines is 2. The van der Waals surface area contributed by atoms with E-state index in [1.807, 2.05) is 31.2 Å². The lowest BCUT2D eigenvalue weighted by atomic mass is 10.2. The molecule has 0 unspecified atom stereocenters. The maximum Gasteiger partial charge on any atom is 0.233 e. The maximum absolute atomic E-state index is 12.0. The van der Waals surface area contributed by atoms with Crippen molar-refractivity contribution in [3.8, 4) is 0 Å². The number of thioether (sulfide) groups is 1. The van der Waals surface area contributed by atoms with Crippen LogP contribution in [0.3, 0.4) is 0 Å². The van der Waals surface area contributed by atoms with Crippen LogP contribution in [0.15, 0.2) is 28.6 Å². The van der Waals surface area contributed by atoms with E-state index in [0.717, 1.165) is 10.0 Å².